The lowest BCUT2D eigenvalue weighted by molar-refractivity contribution is -0.140. The Kier molecular flexibility index (Phi) is 8.03. The molecule has 2 heterocycles. The van der Waals surface area contributed by atoms with Crippen molar-refractivity contribution in [2.45, 2.75) is 19.3 Å². The van der Waals surface area contributed by atoms with Crippen LogP contribution in [-0.2, 0) is 14.3 Å². The summed E-state index contributed by atoms with van der Waals surface area (Å²) in [6.07, 6.45) is 1.58. The Bertz CT molecular complexity index is 1230. The first-order valence-corrected chi connectivity index (χ1v) is 12.0. The molecule has 2 aliphatic rings. The van der Waals surface area contributed by atoms with Gasteiger partial charge in [0.1, 0.15) is 18.1 Å². The first-order chi connectivity index (χ1) is 17.8. The molecule has 2 aliphatic heterocycles. The van der Waals surface area contributed by atoms with Crippen molar-refractivity contribution in [3.05, 3.63) is 71.1 Å². The highest BCUT2D eigenvalue weighted by molar-refractivity contribution is 6.12. The smallest absolute Gasteiger partial charge is 0.306 e. The van der Waals surface area contributed by atoms with Crippen LogP contribution in [0.1, 0.15) is 40.7 Å². The van der Waals surface area contributed by atoms with Crippen LogP contribution in [0.15, 0.2) is 54.4 Å². The number of carbonyl (C=O) groups is 2. The van der Waals surface area contributed by atoms with E-state index >= 15 is 0 Å². The minimum Gasteiger partial charge on any atom is -0.508 e. The molecule has 9 nitrogen and oxygen atoms in total. The molecule has 2 aromatic carbocycles. The van der Waals surface area contributed by atoms with Crippen LogP contribution in [-0.4, -0.2) is 68.9 Å². The third kappa shape index (κ3) is 5.72. The number of morpholine rings is 1. The fourth-order valence-electron chi connectivity index (χ4n) is 4.32. The molecule has 196 valence electrons. The summed E-state index contributed by atoms with van der Waals surface area (Å²) in [5, 5.41) is 11.0. The second-order valence-electron chi connectivity index (χ2n) is 8.94. The Labute approximate surface area is 215 Å². The lowest BCUT2D eigenvalue weighted by atomic mass is 9.86. The maximum absolute atomic E-state index is 13.2. The monoisotopic (exact) mass is 509 g/mol. The van der Waals surface area contributed by atoms with Crippen molar-refractivity contribution in [1.29, 1.82) is 0 Å². The van der Waals surface area contributed by atoms with Crippen molar-refractivity contribution in [3.63, 3.8) is 0 Å². The standard InChI is InChI=1S/C28H31NO8/c1-17(2)16-36-22-8-5-18(13-23(22)33-3)20(14-25(31)34-4)26-21(30)7-6-19-27(32)24(37-28(19)26)15-29-9-11-35-12-10-29/h5-8,13,15,20,30H,1,9-12,14,16H2,2-4H3. The number of Topliss-reactive ketones (excluding diaryl/α,β-unsaturated/α-hetero) is 1. The molecule has 9 heteroatoms. The summed E-state index contributed by atoms with van der Waals surface area (Å²) in [6, 6.07) is 8.22. The number of ether oxygens (including phenoxy) is 5. The van der Waals surface area contributed by atoms with Crippen molar-refractivity contribution in [1.82, 2.24) is 4.90 Å². The number of benzene rings is 2. The van der Waals surface area contributed by atoms with E-state index in [1.807, 2.05) is 11.8 Å². The predicted molar refractivity (Wildman–Crippen MR) is 135 cm³/mol. The summed E-state index contributed by atoms with van der Waals surface area (Å²) in [5.74, 6) is -0.239. The van der Waals surface area contributed by atoms with Crippen LogP contribution in [0.25, 0.3) is 0 Å². The molecule has 0 spiro atoms. The summed E-state index contributed by atoms with van der Waals surface area (Å²) in [7, 11) is 2.82. The number of hydrogen-bond donors (Lipinski definition) is 1. The number of rotatable bonds is 9. The van der Waals surface area contributed by atoms with Crippen LogP contribution in [0, 0.1) is 0 Å². The van der Waals surface area contributed by atoms with E-state index in [-0.39, 0.29) is 29.5 Å². The van der Waals surface area contributed by atoms with Crippen molar-refractivity contribution in [2.24, 2.45) is 0 Å². The number of hydrogen-bond acceptors (Lipinski definition) is 9. The van der Waals surface area contributed by atoms with E-state index in [2.05, 4.69) is 6.58 Å². The lowest BCUT2D eigenvalue weighted by Gasteiger charge is -2.25. The van der Waals surface area contributed by atoms with Gasteiger partial charge in [0.2, 0.25) is 5.78 Å². The molecule has 37 heavy (non-hydrogen) atoms. The highest BCUT2D eigenvalue weighted by Crippen LogP contribution is 2.47. The Morgan fingerprint density at radius 3 is 2.62 bits per heavy atom. The van der Waals surface area contributed by atoms with Gasteiger partial charge in [0, 0.05) is 30.8 Å². The second-order valence-corrected chi connectivity index (χ2v) is 8.94. The highest BCUT2D eigenvalue weighted by atomic mass is 16.5. The zero-order valence-corrected chi connectivity index (χ0v) is 21.2. The van der Waals surface area contributed by atoms with E-state index in [4.69, 9.17) is 23.7 Å². The number of phenolic OH excluding ortho intramolecular Hbond substituents is 1. The number of phenols is 1. The number of ketones is 1. The zero-order chi connectivity index (χ0) is 26.5. The van der Waals surface area contributed by atoms with Gasteiger partial charge in [0.15, 0.2) is 17.3 Å². The largest absolute Gasteiger partial charge is 0.508 e. The molecule has 1 unspecified atom stereocenters. The molecule has 0 saturated carbocycles. The molecule has 1 saturated heterocycles. The highest BCUT2D eigenvalue weighted by Gasteiger charge is 2.36. The van der Waals surface area contributed by atoms with E-state index in [0.29, 0.717) is 61.1 Å². The van der Waals surface area contributed by atoms with E-state index in [1.165, 1.54) is 26.4 Å². The van der Waals surface area contributed by atoms with Gasteiger partial charge >= 0.3 is 5.97 Å². The fourth-order valence-corrected chi connectivity index (χ4v) is 4.32. The van der Waals surface area contributed by atoms with Gasteiger partial charge in [-0.2, -0.15) is 0 Å². The Hall–Kier alpha value is -3.98. The number of allylic oxidation sites excluding steroid dienone is 1. The van der Waals surface area contributed by atoms with Gasteiger partial charge in [0.25, 0.3) is 0 Å². The molecule has 0 bridgehead atoms. The van der Waals surface area contributed by atoms with Crippen LogP contribution in [0.2, 0.25) is 0 Å². The zero-order valence-electron chi connectivity index (χ0n) is 21.2. The second kappa shape index (κ2) is 11.4. The van der Waals surface area contributed by atoms with E-state index in [9.17, 15) is 14.7 Å². The molecule has 1 N–H and O–H groups in total. The summed E-state index contributed by atoms with van der Waals surface area (Å²) >= 11 is 0. The first kappa shape index (κ1) is 26.1. The van der Waals surface area contributed by atoms with E-state index < -0.39 is 11.9 Å². The van der Waals surface area contributed by atoms with Gasteiger partial charge in [-0.05, 0) is 42.3 Å². The van der Waals surface area contributed by atoms with Crippen molar-refractivity contribution in [2.75, 3.05) is 47.1 Å². The van der Waals surface area contributed by atoms with Gasteiger partial charge in [-0.15, -0.1) is 0 Å². The summed E-state index contributed by atoms with van der Waals surface area (Å²) in [6.45, 7) is 8.42. The minimum atomic E-state index is -0.693. The molecule has 1 fully saturated rings. The molecule has 0 radical (unpaired) electrons. The van der Waals surface area contributed by atoms with Gasteiger partial charge in [-0.3, -0.25) is 9.59 Å². The lowest BCUT2D eigenvalue weighted by Crippen LogP contribution is -2.32. The number of nitrogens with zero attached hydrogens (tertiary/aromatic N) is 1. The minimum absolute atomic E-state index is 0.101. The normalized spacial score (nSPS) is 16.7. The SMILES string of the molecule is C=C(C)COc1ccc(C(CC(=O)OC)c2c(O)ccc3c2OC(=CN2CCOCC2)C3=O)cc1OC. The van der Waals surface area contributed by atoms with Crippen LogP contribution in [0.4, 0.5) is 0 Å². The molecule has 4 rings (SSSR count). The topological polar surface area (TPSA) is 104 Å². The quantitative estimate of drug-likeness (QED) is 0.307. The van der Waals surface area contributed by atoms with Gasteiger partial charge < -0.3 is 33.7 Å². The Morgan fingerprint density at radius 2 is 1.95 bits per heavy atom. The van der Waals surface area contributed by atoms with Crippen molar-refractivity contribution >= 4 is 11.8 Å². The summed E-state index contributed by atoms with van der Waals surface area (Å²) in [4.78, 5) is 27.6. The average Bonchev–Trinajstić information content (AvgIpc) is 3.21. The first-order valence-electron chi connectivity index (χ1n) is 12.0. The number of carbonyl (C=O) groups excluding carboxylic acids is 2. The summed E-state index contributed by atoms with van der Waals surface area (Å²) < 4.78 is 27.7. The van der Waals surface area contributed by atoms with Crippen molar-refractivity contribution < 1.29 is 38.4 Å². The fraction of sp³-hybridized carbons (Fsp3) is 0.357. The molecule has 0 aromatic heterocycles. The van der Waals surface area contributed by atoms with Gasteiger partial charge in [-0.25, -0.2) is 0 Å². The Balaban J connectivity index is 1.76. The number of aromatic hydroxyl groups is 1. The number of esters is 1. The van der Waals surface area contributed by atoms with Crippen LogP contribution >= 0.6 is 0 Å². The molecule has 0 amide bonds. The van der Waals surface area contributed by atoms with Crippen LogP contribution < -0.4 is 14.2 Å². The third-order valence-electron chi connectivity index (χ3n) is 6.21. The number of methoxy groups -OCH3 is 2. The van der Waals surface area contributed by atoms with Crippen LogP contribution in [0.5, 0.6) is 23.0 Å². The van der Waals surface area contributed by atoms with E-state index in [1.54, 1.807) is 24.4 Å². The maximum Gasteiger partial charge on any atom is 0.306 e. The molecular formula is C28H31NO8. The Morgan fingerprint density at radius 1 is 1.19 bits per heavy atom. The van der Waals surface area contributed by atoms with Crippen molar-refractivity contribution in [3.8, 4) is 23.0 Å². The average molecular weight is 510 g/mol. The van der Waals surface area contributed by atoms with Gasteiger partial charge in [-0.1, -0.05) is 12.6 Å². The maximum atomic E-state index is 13.2. The summed E-state index contributed by atoms with van der Waals surface area (Å²) in [5.41, 5.74) is 2.13. The molecule has 2 aromatic rings. The molecular weight excluding hydrogens is 478 g/mol. The third-order valence-corrected chi connectivity index (χ3v) is 6.21. The molecule has 0 aliphatic carbocycles. The van der Waals surface area contributed by atoms with Gasteiger partial charge in [0.05, 0.1) is 39.4 Å². The number of fused-ring (bicyclic) bond motifs is 1. The predicted octanol–water partition coefficient (Wildman–Crippen LogP) is 3.80. The van der Waals surface area contributed by atoms with Crippen LogP contribution in [0.3, 0.4) is 0 Å². The molecule has 1 atom stereocenters. The van der Waals surface area contributed by atoms with E-state index in [0.717, 1.165) is 5.57 Å².